The van der Waals surface area contributed by atoms with Crippen molar-refractivity contribution >= 4 is 11.5 Å². The molecule has 0 aliphatic heterocycles. The van der Waals surface area contributed by atoms with Crippen LogP contribution in [0.15, 0.2) is 77.2 Å². The minimum atomic E-state index is 0.637. The summed E-state index contributed by atoms with van der Waals surface area (Å²) in [6, 6.07) is 19.7. The Morgan fingerprint density at radius 1 is 0.850 bits per heavy atom. The maximum Gasteiger partial charge on any atom is 0.195 e. The Kier molecular flexibility index (Phi) is 3.37. The lowest BCUT2D eigenvalue weighted by atomic mass is 10.3. The summed E-state index contributed by atoms with van der Waals surface area (Å²) < 4.78 is 2.00. The van der Waals surface area contributed by atoms with Crippen molar-refractivity contribution in [1.29, 1.82) is 0 Å². The van der Waals surface area contributed by atoms with Crippen molar-refractivity contribution in [2.24, 2.45) is 10.2 Å². The molecule has 0 atom stereocenters. The van der Waals surface area contributed by atoms with Crippen LogP contribution in [0.2, 0.25) is 0 Å². The van der Waals surface area contributed by atoms with E-state index in [0.717, 1.165) is 17.1 Å². The molecular weight excluding hydrogens is 248 g/mol. The molecule has 1 heterocycles. The standard InChI is InChI=1S/C16H14N4/c1-13-16(19-18-14-8-4-2-5-9-14)17-12-20(13)15-10-6-3-7-11-15/h2-12H,1H3/b19-18+. The van der Waals surface area contributed by atoms with Crippen LogP contribution in [0.5, 0.6) is 0 Å². The Morgan fingerprint density at radius 2 is 1.50 bits per heavy atom. The van der Waals surface area contributed by atoms with Crippen molar-refractivity contribution in [3.63, 3.8) is 0 Å². The molecule has 20 heavy (non-hydrogen) atoms. The van der Waals surface area contributed by atoms with Gasteiger partial charge in [0.2, 0.25) is 0 Å². The molecule has 98 valence electrons. The molecule has 3 rings (SSSR count). The van der Waals surface area contributed by atoms with Gasteiger partial charge in [-0.05, 0) is 31.2 Å². The lowest BCUT2D eigenvalue weighted by Crippen LogP contribution is -1.93. The quantitative estimate of drug-likeness (QED) is 0.636. The molecular formula is C16H14N4. The summed E-state index contributed by atoms with van der Waals surface area (Å²) in [7, 11) is 0. The summed E-state index contributed by atoms with van der Waals surface area (Å²) in [5, 5.41) is 8.41. The Labute approximate surface area is 117 Å². The van der Waals surface area contributed by atoms with Crippen LogP contribution in [0.3, 0.4) is 0 Å². The van der Waals surface area contributed by atoms with Gasteiger partial charge in [0.05, 0.1) is 11.4 Å². The zero-order chi connectivity index (χ0) is 13.8. The molecule has 0 saturated heterocycles. The number of hydrogen-bond acceptors (Lipinski definition) is 3. The molecule has 0 bridgehead atoms. The molecule has 4 nitrogen and oxygen atoms in total. The van der Waals surface area contributed by atoms with Crippen LogP contribution in [0.4, 0.5) is 11.5 Å². The second-order valence-electron chi connectivity index (χ2n) is 4.39. The third-order valence-electron chi connectivity index (χ3n) is 3.03. The molecule has 0 spiro atoms. The smallest absolute Gasteiger partial charge is 0.195 e. The van der Waals surface area contributed by atoms with Gasteiger partial charge in [-0.15, -0.1) is 10.2 Å². The van der Waals surface area contributed by atoms with Gasteiger partial charge < -0.3 is 4.57 Å². The number of azo groups is 1. The van der Waals surface area contributed by atoms with E-state index in [1.165, 1.54) is 0 Å². The molecule has 0 amide bonds. The van der Waals surface area contributed by atoms with Crippen LogP contribution in [0.25, 0.3) is 5.69 Å². The molecule has 3 aromatic rings. The van der Waals surface area contributed by atoms with Gasteiger partial charge in [-0.1, -0.05) is 36.4 Å². The zero-order valence-corrected chi connectivity index (χ0v) is 11.1. The highest BCUT2D eigenvalue weighted by atomic mass is 15.2. The number of aromatic nitrogens is 2. The second kappa shape index (κ2) is 5.48. The van der Waals surface area contributed by atoms with E-state index in [4.69, 9.17) is 0 Å². The third kappa shape index (κ3) is 2.49. The first-order chi connectivity index (χ1) is 9.84. The Morgan fingerprint density at radius 3 is 2.20 bits per heavy atom. The van der Waals surface area contributed by atoms with Gasteiger partial charge >= 0.3 is 0 Å². The Balaban J connectivity index is 1.90. The van der Waals surface area contributed by atoms with E-state index in [9.17, 15) is 0 Å². The Hall–Kier alpha value is -2.75. The average Bonchev–Trinajstić information content (AvgIpc) is 2.88. The molecule has 0 fully saturated rings. The minimum Gasteiger partial charge on any atom is -0.301 e. The highest BCUT2D eigenvalue weighted by molar-refractivity contribution is 5.42. The van der Waals surface area contributed by atoms with Crippen molar-refractivity contribution < 1.29 is 0 Å². The lowest BCUT2D eigenvalue weighted by Gasteiger charge is -2.03. The second-order valence-corrected chi connectivity index (χ2v) is 4.39. The highest BCUT2D eigenvalue weighted by Crippen LogP contribution is 2.22. The number of rotatable bonds is 3. The zero-order valence-electron chi connectivity index (χ0n) is 11.1. The Bertz CT molecular complexity index is 715. The average molecular weight is 262 g/mol. The van der Waals surface area contributed by atoms with Crippen LogP contribution >= 0.6 is 0 Å². The van der Waals surface area contributed by atoms with Gasteiger partial charge in [-0.2, -0.15) is 0 Å². The fraction of sp³-hybridized carbons (Fsp3) is 0.0625. The summed E-state index contributed by atoms with van der Waals surface area (Å²) in [4.78, 5) is 4.31. The van der Waals surface area contributed by atoms with Crippen molar-refractivity contribution in [3.8, 4) is 5.69 Å². The van der Waals surface area contributed by atoms with E-state index in [2.05, 4.69) is 15.2 Å². The largest absolute Gasteiger partial charge is 0.301 e. The van der Waals surface area contributed by atoms with Gasteiger partial charge in [-0.25, -0.2) is 4.98 Å². The summed E-state index contributed by atoms with van der Waals surface area (Å²) in [6.07, 6.45) is 1.77. The third-order valence-corrected chi connectivity index (χ3v) is 3.03. The molecule has 0 unspecified atom stereocenters. The van der Waals surface area contributed by atoms with Gasteiger partial charge in [0.25, 0.3) is 0 Å². The maximum absolute atomic E-state index is 4.31. The van der Waals surface area contributed by atoms with E-state index in [0.29, 0.717) is 5.82 Å². The predicted molar refractivity (Wildman–Crippen MR) is 78.9 cm³/mol. The number of imidazole rings is 1. The molecule has 0 saturated carbocycles. The summed E-state index contributed by atoms with van der Waals surface area (Å²) >= 11 is 0. The van der Waals surface area contributed by atoms with Gasteiger partial charge in [0, 0.05) is 5.69 Å². The molecule has 0 aliphatic rings. The summed E-state index contributed by atoms with van der Waals surface area (Å²) in [5.74, 6) is 0.637. The van der Waals surface area contributed by atoms with Gasteiger partial charge in [0.15, 0.2) is 5.82 Å². The molecule has 0 aliphatic carbocycles. The SMILES string of the molecule is Cc1c(/N=N/c2ccccc2)ncn1-c1ccccc1. The summed E-state index contributed by atoms with van der Waals surface area (Å²) in [5.41, 5.74) is 2.86. The van der Waals surface area contributed by atoms with Gasteiger partial charge in [-0.3, -0.25) is 0 Å². The van der Waals surface area contributed by atoms with Crippen molar-refractivity contribution in [1.82, 2.24) is 9.55 Å². The van der Waals surface area contributed by atoms with E-state index in [-0.39, 0.29) is 0 Å². The van der Waals surface area contributed by atoms with E-state index >= 15 is 0 Å². The van der Waals surface area contributed by atoms with Crippen LogP contribution in [0, 0.1) is 6.92 Å². The molecule has 0 N–H and O–H groups in total. The lowest BCUT2D eigenvalue weighted by molar-refractivity contribution is 1.00. The number of nitrogens with zero attached hydrogens (tertiary/aromatic N) is 4. The maximum atomic E-state index is 4.31. The predicted octanol–water partition coefficient (Wildman–Crippen LogP) is 4.60. The first kappa shape index (κ1) is 12.3. The van der Waals surface area contributed by atoms with E-state index in [1.807, 2.05) is 72.2 Å². The number of hydrogen-bond donors (Lipinski definition) is 0. The molecule has 0 radical (unpaired) electrons. The normalized spacial score (nSPS) is 11.1. The first-order valence-electron chi connectivity index (χ1n) is 6.41. The highest BCUT2D eigenvalue weighted by Gasteiger charge is 2.06. The minimum absolute atomic E-state index is 0.637. The monoisotopic (exact) mass is 262 g/mol. The van der Waals surface area contributed by atoms with Crippen LogP contribution < -0.4 is 0 Å². The van der Waals surface area contributed by atoms with E-state index < -0.39 is 0 Å². The van der Waals surface area contributed by atoms with E-state index in [1.54, 1.807) is 6.33 Å². The summed E-state index contributed by atoms with van der Waals surface area (Å²) in [6.45, 7) is 1.99. The first-order valence-corrected chi connectivity index (χ1v) is 6.41. The van der Waals surface area contributed by atoms with Crippen molar-refractivity contribution in [3.05, 3.63) is 72.7 Å². The molecule has 2 aromatic carbocycles. The molecule has 4 heteroatoms. The van der Waals surface area contributed by atoms with Crippen LogP contribution in [-0.2, 0) is 0 Å². The van der Waals surface area contributed by atoms with Crippen LogP contribution in [-0.4, -0.2) is 9.55 Å². The topological polar surface area (TPSA) is 42.5 Å². The fourth-order valence-corrected chi connectivity index (χ4v) is 1.95. The van der Waals surface area contributed by atoms with Crippen molar-refractivity contribution in [2.75, 3.05) is 0 Å². The van der Waals surface area contributed by atoms with Crippen molar-refractivity contribution in [2.45, 2.75) is 6.92 Å². The molecule has 1 aromatic heterocycles. The van der Waals surface area contributed by atoms with Gasteiger partial charge in [0.1, 0.15) is 6.33 Å². The number of benzene rings is 2. The van der Waals surface area contributed by atoms with Crippen LogP contribution in [0.1, 0.15) is 5.69 Å². The number of para-hydroxylation sites is 1. The fourth-order valence-electron chi connectivity index (χ4n) is 1.95.